The maximum atomic E-state index is 12.7. The number of nitrogens with two attached hydrogens (primary N) is 1. The zero-order valence-corrected chi connectivity index (χ0v) is 44.0. The average molecular weight is 981 g/mol. The van der Waals surface area contributed by atoms with Crippen molar-refractivity contribution in [1.82, 2.24) is 10.6 Å². The van der Waals surface area contributed by atoms with E-state index in [1.165, 1.54) is 49.3 Å². The molecule has 9 rings (SSSR count). The summed E-state index contributed by atoms with van der Waals surface area (Å²) < 4.78 is 4.94. The largest absolute Gasteiger partial charge is 0.396 e. The van der Waals surface area contributed by atoms with E-state index in [1.807, 2.05) is 60.7 Å². The number of hydrogen-bond acceptors (Lipinski definition) is 9. The van der Waals surface area contributed by atoms with E-state index in [9.17, 15) is 30.0 Å². The molecule has 7 aliphatic rings. The van der Waals surface area contributed by atoms with E-state index in [4.69, 9.17) is 10.5 Å². The molecule has 2 aromatic rings. The Morgan fingerprint density at radius 3 is 1.62 bits per heavy atom. The zero-order valence-electron chi connectivity index (χ0n) is 44.0. The Morgan fingerprint density at radius 2 is 1.17 bits per heavy atom. The maximum absolute atomic E-state index is 12.7. The third-order valence-electron chi connectivity index (χ3n) is 20.0. The van der Waals surface area contributed by atoms with Gasteiger partial charge in [0.2, 0.25) is 6.08 Å². The summed E-state index contributed by atoms with van der Waals surface area (Å²) in [4.78, 5) is 25.8. The lowest BCUT2D eigenvalue weighted by molar-refractivity contribution is -0.0927. The highest BCUT2D eigenvalue weighted by molar-refractivity contribution is 5.73. The fraction of sp³-hybridized carbons (Fsp3) is 0.700. The van der Waals surface area contributed by atoms with Crippen molar-refractivity contribution >= 4 is 12.1 Å². The summed E-state index contributed by atoms with van der Waals surface area (Å²) in [6.07, 6.45) is 17.8. The molecule has 2 aromatic carbocycles. The van der Waals surface area contributed by atoms with E-state index in [2.05, 4.69) is 56.5 Å². The van der Waals surface area contributed by atoms with Gasteiger partial charge >= 0.3 is 6.03 Å². The number of rotatable bonds is 11. The van der Waals surface area contributed by atoms with Crippen molar-refractivity contribution in [2.45, 2.75) is 156 Å². The molecule has 0 bridgehead atoms. The van der Waals surface area contributed by atoms with E-state index < -0.39 is 0 Å². The van der Waals surface area contributed by atoms with Crippen LogP contribution in [0.2, 0.25) is 0 Å². The Labute approximate surface area is 427 Å². The zero-order chi connectivity index (χ0) is 51.2. The van der Waals surface area contributed by atoms with Crippen molar-refractivity contribution in [1.29, 1.82) is 0 Å². The second-order valence-electron chi connectivity index (χ2n) is 23.6. The summed E-state index contributed by atoms with van der Waals surface area (Å²) in [5.41, 5.74) is 11.7. The van der Waals surface area contributed by atoms with Crippen molar-refractivity contribution < 1.29 is 34.8 Å². The van der Waals surface area contributed by atoms with Crippen LogP contribution in [-0.2, 0) is 22.6 Å². The number of aliphatic hydroxyl groups excluding tert-OH is 4. The highest BCUT2D eigenvalue weighted by Crippen LogP contribution is 2.65. The quantitative estimate of drug-likeness (QED) is 0.0659. The van der Waals surface area contributed by atoms with Crippen molar-refractivity contribution in [3.8, 4) is 0 Å². The van der Waals surface area contributed by atoms with Crippen LogP contribution in [0, 0.1) is 69.0 Å². The summed E-state index contributed by atoms with van der Waals surface area (Å²) in [6, 6.07) is 19.4. The van der Waals surface area contributed by atoms with Gasteiger partial charge in [-0.05, 0) is 189 Å². The van der Waals surface area contributed by atoms with E-state index in [0.717, 1.165) is 95.1 Å². The van der Waals surface area contributed by atoms with E-state index in [-0.39, 0.29) is 64.9 Å². The van der Waals surface area contributed by atoms with E-state index in [1.54, 1.807) is 0 Å². The molecular formula is C60H92N4O7. The molecular weight excluding hydrogens is 889 g/mol. The first-order valence-electron chi connectivity index (χ1n) is 27.4. The van der Waals surface area contributed by atoms with E-state index in [0.29, 0.717) is 61.6 Å². The maximum Gasteiger partial charge on any atom is 0.315 e. The number of ether oxygens (including phenoxy) is 1. The summed E-state index contributed by atoms with van der Waals surface area (Å²) in [5, 5.41) is 46.7. The van der Waals surface area contributed by atoms with Crippen LogP contribution in [0.5, 0.6) is 0 Å². The predicted molar refractivity (Wildman–Crippen MR) is 284 cm³/mol. The molecule has 0 spiro atoms. The fourth-order valence-electron chi connectivity index (χ4n) is 15.2. The normalized spacial score (nSPS) is 37.3. The monoisotopic (exact) mass is 981 g/mol. The topological polar surface area (TPSA) is 187 Å². The number of fused-ring (bicyclic) bond motifs is 2. The molecule has 1 aliphatic heterocycles. The van der Waals surface area contributed by atoms with Gasteiger partial charge in [-0.2, -0.15) is 0 Å². The Hall–Kier alpha value is -3.67. The molecule has 7 fully saturated rings. The number of isocyanates is 1. The number of amides is 2. The summed E-state index contributed by atoms with van der Waals surface area (Å²) >= 11 is 0. The van der Waals surface area contributed by atoms with E-state index >= 15 is 0 Å². The number of carbonyl (C=O) groups excluding carboxylic acids is 2. The molecule has 6 aliphatic carbocycles. The highest BCUT2D eigenvalue weighted by Gasteiger charge is 2.58. The molecule has 394 valence electrons. The standard InChI is InChI=1S/C28H42N2O3.C20H35NO2.C8H7NO.C4H8O/c1-19-9-10-24-23(17-30-26(33)29-16-20-7-5-4-6-8-20)25(12-14-27(19,24)2)28(3)13-11-22(32)15-21(28)18-31;1-13-4-5-17-16(11-21)18(7-9-19(13,17)2)20(3)8-6-15(23)10-14(20)12-22;10-7-9-6-8-4-2-1-3-5-8;1-2-4-5-3-1/h4-8,21-25,31-32H,1,9-18H2,2-3H3,(H2,29,30,33);14-18,22-23H,1,4-12,21H2,2-3H3;1-5H,6H2;1-4H2/t21-,22+,23+,24+,25+,27-,28+;14-,15+,16+,17+,18+,19-,20+;;/m11../s1. The Morgan fingerprint density at radius 1 is 0.690 bits per heavy atom. The number of carbonyl (C=O) groups is 1. The third kappa shape index (κ3) is 13.4. The summed E-state index contributed by atoms with van der Waals surface area (Å²) in [7, 11) is 0. The van der Waals surface area contributed by atoms with Gasteiger partial charge in [0.25, 0.3) is 0 Å². The lowest BCUT2D eigenvalue weighted by atomic mass is 9.49. The molecule has 2 amide bonds. The molecule has 1 heterocycles. The number of allylic oxidation sites excluding steroid dienone is 2. The van der Waals surface area contributed by atoms with Crippen LogP contribution in [0.25, 0.3) is 0 Å². The molecule has 11 nitrogen and oxygen atoms in total. The van der Waals surface area contributed by atoms with Gasteiger partial charge in [-0.3, -0.25) is 0 Å². The van der Waals surface area contributed by atoms with Gasteiger partial charge in [-0.25, -0.2) is 14.6 Å². The van der Waals surface area contributed by atoms with Crippen molar-refractivity contribution in [3.63, 3.8) is 0 Å². The highest BCUT2D eigenvalue weighted by atomic mass is 16.5. The first-order valence-corrected chi connectivity index (χ1v) is 27.4. The van der Waals surface area contributed by atoms with Gasteiger partial charge in [0.05, 0.1) is 18.8 Å². The second kappa shape index (κ2) is 26.0. The van der Waals surface area contributed by atoms with Crippen LogP contribution in [0.3, 0.4) is 0 Å². The molecule has 0 unspecified atom stereocenters. The predicted octanol–water partition coefficient (Wildman–Crippen LogP) is 10.1. The first kappa shape index (κ1) is 56.6. The Kier molecular flexibility index (Phi) is 20.7. The smallest absolute Gasteiger partial charge is 0.315 e. The van der Waals surface area contributed by atoms with Crippen LogP contribution in [0.4, 0.5) is 4.79 Å². The van der Waals surface area contributed by atoms with Gasteiger partial charge in [-0.15, -0.1) is 0 Å². The van der Waals surface area contributed by atoms with Crippen molar-refractivity contribution in [2.75, 3.05) is 39.5 Å². The minimum absolute atomic E-state index is 0.0217. The van der Waals surface area contributed by atoms with Gasteiger partial charge in [0.15, 0.2) is 0 Å². The summed E-state index contributed by atoms with van der Waals surface area (Å²) in [5.74, 6) is 3.33. The van der Waals surface area contributed by atoms with Crippen molar-refractivity contribution in [3.05, 3.63) is 96.1 Å². The molecule has 1 saturated heterocycles. The summed E-state index contributed by atoms with van der Waals surface area (Å²) in [6.45, 7) is 22.9. The number of aliphatic imine (C=N–C) groups is 1. The van der Waals surface area contributed by atoms with Gasteiger partial charge in [0.1, 0.15) is 0 Å². The van der Waals surface area contributed by atoms with Gasteiger partial charge in [0, 0.05) is 39.5 Å². The lowest BCUT2D eigenvalue weighted by Gasteiger charge is -2.56. The molecule has 6 saturated carbocycles. The Bertz CT molecular complexity index is 2040. The minimum Gasteiger partial charge on any atom is -0.396 e. The minimum atomic E-state index is -0.310. The molecule has 71 heavy (non-hydrogen) atoms. The lowest BCUT2D eigenvalue weighted by Crippen LogP contribution is -2.54. The molecule has 0 radical (unpaired) electrons. The van der Waals surface area contributed by atoms with Crippen LogP contribution >= 0.6 is 0 Å². The van der Waals surface area contributed by atoms with Gasteiger partial charge < -0.3 is 41.5 Å². The van der Waals surface area contributed by atoms with Crippen LogP contribution in [-0.4, -0.2) is 84.3 Å². The first-order chi connectivity index (χ1) is 34.1. The number of benzene rings is 2. The van der Waals surface area contributed by atoms with Crippen LogP contribution in [0.15, 0.2) is 90.0 Å². The number of hydrogen-bond donors (Lipinski definition) is 7. The molecule has 8 N–H and O–H groups in total. The Balaban J connectivity index is 0.000000185. The number of aliphatic hydroxyl groups is 4. The molecule has 14 atom stereocenters. The van der Waals surface area contributed by atoms with Gasteiger partial charge in [-0.1, -0.05) is 113 Å². The number of nitrogens with zero attached hydrogens (tertiary/aromatic N) is 1. The fourth-order valence-corrected chi connectivity index (χ4v) is 15.2. The third-order valence-corrected chi connectivity index (χ3v) is 20.0. The number of nitrogens with one attached hydrogen (secondary N) is 2. The average Bonchev–Trinajstić information content (AvgIpc) is 4.15. The SMILES string of the molecule is C1CCOC1.C=C1CC[C@H]2[C@H](CN)[C@@H]([C@@]3(C)CC[C@H](O)C[C@@H]3CO)CC[C@]12C.C=C1CC[C@H]2[C@H](CNC(=O)NCc3ccccc3)[C@@H]([C@@]3(C)CC[C@H](O)C[C@@H]3CO)CC[C@]12C.O=C=NCc1ccccc1. The van der Waals surface area contributed by atoms with Crippen LogP contribution < -0.4 is 16.4 Å². The second-order valence-corrected chi connectivity index (χ2v) is 23.6. The van der Waals surface area contributed by atoms with Crippen molar-refractivity contribution in [2.24, 2.45) is 79.7 Å². The molecule has 11 heteroatoms. The van der Waals surface area contributed by atoms with Crippen LogP contribution in [0.1, 0.15) is 142 Å². The number of urea groups is 1. The molecule has 0 aromatic heterocycles.